The van der Waals surface area contributed by atoms with Crippen LogP contribution in [0.4, 0.5) is 0 Å². The highest BCUT2D eigenvalue weighted by molar-refractivity contribution is 14.1. The van der Waals surface area contributed by atoms with E-state index < -0.39 is 0 Å². The van der Waals surface area contributed by atoms with Crippen LogP contribution in [0.5, 0.6) is 0 Å². The van der Waals surface area contributed by atoms with E-state index in [0.717, 1.165) is 15.0 Å². The summed E-state index contributed by atoms with van der Waals surface area (Å²) in [5.41, 5.74) is 1.21. The van der Waals surface area contributed by atoms with E-state index in [9.17, 15) is 4.79 Å². The van der Waals surface area contributed by atoms with Gasteiger partial charge in [-0.05, 0) is 53.3 Å². The Labute approximate surface area is 114 Å². The van der Waals surface area contributed by atoms with Gasteiger partial charge >= 0.3 is 0 Å². The van der Waals surface area contributed by atoms with Gasteiger partial charge in [-0.3, -0.25) is 4.79 Å². The molecular weight excluding hydrogens is 333 g/mol. The molecule has 1 saturated carbocycles. The minimum atomic E-state index is 0.0823. The summed E-state index contributed by atoms with van der Waals surface area (Å²) >= 11 is 3.86. The molecule has 0 aliphatic heterocycles. The van der Waals surface area contributed by atoms with Gasteiger partial charge in [0.15, 0.2) is 0 Å². The molecule has 0 unspecified atom stereocenters. The molecule has 0 radical (unpaired) electrons. The first-order valence-electron chi connectivity index (χ1n) is 5.67. The summed E-state index contributed by atoms with van der Waals surface area (Å²) in [4.78, 5) is 11.9. The molecule has 1 aliphatic rings. The smallest absolute Gasteiger partial charge is 0.252 e. The number of rotatable bonds is 4. The highest BCUT2D eigenvalue weighted by atomic mass is 127. The number of nitrogens with one attached hydrogen (secondary N) is 1. The average molecular weight is 349 g/mol. The number of carbonyl (C=O) groups excluding carboxylic acids is 1. The van der Waals surface area contributed by atoms with Crippen LogP contribution in [-0.2, 0) is 0 Å². The van der Waals surface area contributed by atoms with Crippen LogP contribution >= 0.6 is 33.9 Å². The van der Waals surface area contributed by atoms with Crippen LogP contribution in [0.3, 0.4) is 0 Å². The number of hydrogen-bond acceptors (Lipinski definition) is 2. The molecular formula is C12H16INOS. The van der Waals surface area contributed by atoms with Crippen molar-refractivity contribution in [2.75, 3.05) is 6.54 Å². The molecule has 0 bridgehead atoms. The molecule has 0 aromatic carbocycles. The molecule has 2 rings (SSSR count). The van der Waals surface area contributed by atoms with Crippen molar-refractivity contribution in [3.05, 3.63) is 19.9 Å². The Balaban J connectivity index is 1.88. The molecule has 1 aliphatic carbocycles. The highest BCUT2D eigenvalue weighted by Crippen LogP contribution is 2.43. The van der Waals surface area contributed by atoms with Crippen LogP contribution in [0.25, 0.3) is 0 Å². The van der Waals surface area contributed by atoms with Crippen LogP contribution in [0.2, 0.25) is 0 Å². The van der Waals surface area contributed by atoms with E-state index in [0.29, 0.717) is 5.41 Å². The molecule has 0 atom stereocenters. The predicted octanol–water partition coefficient (Wildman–Crippen LogP) is 3.66. The van der Waals surface area contributed by atoms with Gasteiger partial charge in [0.1, 0.15) is 0 Å². The molecule has 1 aromatic heterocycles. The van der Waals surface area contributed by atoms with Crippen molar-refractivity contribution in [1.29, 1.82) is 0 Å². The predicted molar refractivity (Wildman–Crippen MR) is 75.9 cm³/mol. The lowest BCUT2D eigenvalue weighted by atomic mass is 9.67. The topological polar surface area (TPSA) is 29.1 Å². The van der Waals surface area contributed by atoms with Crippen LogP contribution in [0.15, 0.2) is 11.4 Å². The van der Waals surface area contributed by atoms with Crippen LogP contribution < -0.4 is 5.32 Å². The van der Waals surface area contributed by atoms with Gasteiger partial charge in [0.05, 0.1) is 8.45 Å². The minimum Gasteiger partial charge on any atom is -0.351 e. The SMILES string of the molecule is CCC1(CNC(=O)c2csc(I)c2)CCC1. The summed E-state index contributed by atoms with van der Waals surface area (Å²) in [6.45, 7) is 3.06. The van der Waals surface area contributed by atoms with Crippen molar-refractivity contribution in [2.45, 2.75) is 32.6 Å². The first kappa shape index (κ1) is 12.4. The summed E-state index contributed by atoms with van der Waals surface area (Å²) in [5, 5.41) is 5.00. The van der Waals surface area contributed by atoms with Gasteiger partial charge in [-0.2, -0.15) is 0 Å². The normalized spacial score (nSPS) is 17.9. The minimum absolute atomic E-state index is 0.0823. The summed E-state index contributed by atoms with van der Waals surface area (Å²) in [6, 6.07) is 1.94. The monoisotopic (exact) mass is 349 g/mol. The summed E-state index contributed by atoms with van der Waals surface area (Å²) in [5.74, 6) is 0.0823. The third-order valence-corrected chi connectivity index (χ3v) is 5.41. The van der Waals surface area contributed by atoms with Crippen LogP contribution in [-0.4, -0.2) is 12.5 Å². The average Bonchev–Trinajstić information content (AvgIpc) is 2.64. The van der Waals surface area contributed by atoms with E-state index in [1.165, 1.54) is 25.7 Å². The Kier molecular flexibility index (Phi) is 3.89. The number of thiophene rings is 1. The molecule has 16 heavy (non-hydrogen) atoms. The molecule has 88 valence electrons. The number of halogens is 1. The zero-order chi connectivity index (χ0) is 11.6. The first-order chi connectivity index (χ1) is 7.65. The van der Waals surface area contributed by atoms with Gasteiger partial charge in [0.2, 0.25) is 0 Å². The Bertz CT molecular complexity index is 379. The van der Waals surface area contributed by atoms with Gasteiger partial charge in [-0.25, -0.2) is 0 Å². The number of hydrogen-bond donors (Lipinski definition) is 1. The van der Waals surface area contributed by atoms with E-state index in [2.05, 4.69) is 34.8 Å². The number of carbonyl (C=O) groups is 1. The molecule has 1 N–H and O–H groups in total. The molecule has 0 saturated heterocycles. The maximum Gasteiger partial charge on any atom is 0.252 e. The molecule has 1 fully saturated rings. The molecule has 4 heteroatoms. The van der Waals surface area contributed by atoms with E-state index >= 15 is 0 Å². The van der Waals surface area contributed by atoms with E-state index in [4.69, 9.17) is 0 Å². The maximum atomic E-state index is 11.9. The van der Waals surface area contributed by atoms with Crippen LogP contribution in [0.1, 0.15) is 43.0 Å². The molecule has 1 heterocycles. The highest BCUT2D eigenvalue weighted by Gasteiger charge is 2.35. The van der Waals surface area contributed by atoms with Crippen molar-refractivity contribution >= 4 is 39.8 Å². The fourth-order valence-corrected chi connectivity index (χ4v) is 3.46. The third-order valence-electron chi connectivity index (χ3n) is 3.62. The standard InChI is InChI=1S/C12H16INOS/c1-2-12(4-3-5-12)8-14-11(15)9-6-10(13)16-7-9/h6-7H,2-5,8H2,1H3,(H,14,15). The van der Waals surface area contributed by atoms with Gasteiger partial charge in [0.25, 0.3) is 5.91 Å². The van der Waals surface area contributed by atoms with Gasteiger partial charge in [-0.15, -0.1) is 11.3 Å². The van der Waals surface area contributed by atoms with Crippen molar-refractivity contribution in [3.8, 4) is 0 Å². The fourth-order valence-electron chi connectivity index (χ4n) is 2.13. The van der Waals surface area contributed by atoms with E-state index in [-0.39, 0.29) is 5.91 Å². The second-order valence-electron chi connectivity index (χ2n) is 4.53. The molecule has 1 amide bonds. The third kappa shape index (κ3) is 2.59. The van der Waals surface area contributed by atoms with Crippen molar-refractivity contribution in [3.63, 3.8) is 0 Å². The molecule has 0 spiro atoms. The lowest BCUT2D eigenvalue weighted by Crippen LogP contribution is -2.41. The summed E-state index contributed by atoms with van der Waals surface area (Å²) in [7, 11) is 0. The zero-order valence-corrected chi connectivity index (χ0v) is 12.4. The summed E-state index contributed by atoms with van der Waals surface area (Å²) < 4.78 is 1.16. The second kappa shape index (κ2) is 5.04. The van der Waals surface area contributed by atoms with E-state index in [1.54, 1.807) is 11.3 Å². The Hall–Kier alpha value is -0.100. The lowest BCUT2D eigenvalue weighted by molar-refractivity contribution is 0.0850. The van der Waals surface area contributed by atoms with Gasteiger partial charge in [-0.1, -0.05) is 13.3 Å². The fraction of sp³-hybridized carbons (Fsp3) is 0.583. The second-order valence-corrected chi connectivity index (χ2v) is 7.33. The largest absolute Gasteiger partial charge is 0.351 e. The number of amides is 1. The zero-order valence-electron chi connectivity index (χ0n) is 9.38. The van der Waals surface area contributed by atoms with Gasteiger partial charge < -0.3 is 5.32 Å². The summed E-state index contributed by atoms with van der Waals surface area (Å²) in [6.07, 6.45) is 5.03. The molecule has 2 nitrogen and oxygen atoms in total. The lowest BCUT2D eigenvalue weighted by Gasteiger charge is -2.41. The van der Waals surface area contributed by atoms with Crippen molar-refractivity contribution in [1.82, 2.24) is 5.32 Å². The maximum absolute atomic E-state index is 11.9. The van der Waals surface area contributed by atoms with Gasteiger partial charge in [0, 0.05) is 11.9 Å². The van der Waals surface area contributed by atoms with E-state index in [1.807, 2.05) is 11.4 Å². The Morgan fingerprint density at radius 3 is 2.81 bits per heavy atom. The first-order valence-corrected chi connectivity index (χ1v) is 7.63. The quantitative estimate of drug-likeness (QED) is 0.826. The van der Waals surface area contributed by atoms with Crippen molar-refractivity contribution in [2.24, 2.45) is 5.41 Å². The Morgan fingerprint density at radius 1 is 1.62 bits per heavy atom. The Morgan fingerprint density at radius 2 is 2.38 bits per heavy atom. The van der Waals surface area contributed by atoms with Crippen LogP contribution in [0, 0.1) is 8.30 Å². The van der Waals surface area contributed by atoms with Crippen molar-refractivity contribution < 1.29 is 4.79 Å². The molecule has 1 aromatic rings.